The molecule has 0 saturated carbocycles. The first kappa shape index (κ1) is 4.76. The van der Waals surface area contributed by atoms with Crippen LogP contribution in [0.25, 0.3) is 0 Å². The Kier molecular flexibility index (Phi) is 0.957. The third-order valence-electron chi connectivity index (χ3n) is 0.646. The second kappa shape index (κ2) is 1.61. The molecular weight excluding hydrogens is 112 g/mol. The monoisotopic (exact) mass is 114 g/mol. The van der Waals surface area contributed by atoms with Crippen LogP contribution >= 0.6 is 0 Å². The number of hydrogen-bond donors (Lipinski definition) is 0. The van der Waals surface area contributed by atoms with Gasteiger partial charge in [0.25, 0.3) is 0 Å². The summed E-state index contributed by atoms with van der Waals surface area (Å²) in [5, 5.41) is 2.29. The van der Waals surface area contributed by atoms with E-state index in [0.29, 0.717) is 4.68 Å². The Labute approximate surface area is 43.5 Å². The van der Waals surface area contributed by atoms with E-state index in [-0.39, 0.29) is 0 Å². The molecule has 0 aliphatic rings. The first-order chi connectivity index (χ1) is 3.84. The minimum atomic E-state index is -0.764. The van der Waals surface area contributed by atoms with E-state index in [0.717, 1.165) is 12.5 Å². The molecule has 0 unspecified atom stereocenters. The third-order valence-corrected chi connectivity index (χ3v) is 0.646. The molecule has 0 fully saturated rings. The zero-order valence-electron chi connectivity index (χ0n) is 3.77. The lowest BCUT2D eigenvalue weighted by Crippen LogP contribution is -2.06. The molecule has 0 aromatic carbocycles. The minimum absolute atomic E-state index is 0.556. The van der Waals surface area contributed by atoms with Crippen LogP contribution in [0.2, 0.25) is 0 Å². The zero-order valence-corrected chi connectivity index (χ0v) is 3.77. The average Bonchev–Trinajstić information content (AvgIpc) is 2.14. The van der Waals surface area contributed by atoms with E-state index < -0.39 is 5.76 Å². The lowest BCUT2D eigenvalue weighted by molar-refractivity contribution is 0.491. The highest BCUT2D eigenvalue weighted by Gasteiger charge is 1.91. The quantitative estimate of drug-likeness (QED) is 0.481. The summed E-state index contributed by atoms with van der Waals surface area (Å²) in [6, 6.07) is 0. The van der Waals surface area contributed by atoms with Crippen molar-refractivity contribution in [2.24, 2.45) is 5.29 Å². The fraction of sp³-hybridized carbons (Fsp3) is 0. The molecule has 0 spiro atoms. The summed E-state index contributed by atoms with van der Waals surface area (Å²) < 4.78 is 4.72. The van der Waals surface area contributed by atoms with Crippen LogP contribution < -0.4 is 5.76 Å². The van der Waals surface area contributed by atoms with Gasteiger partial charge in [-0.15, -0.1) is 9.58 Å². The van der Waals surface area contributed by atoms with E-state index >= 15 is 0 Å². The highest BCUT2D eigenvalue weighted by molar-refractivity contribution is 4.66. The van der Waals surface area contributed by atoms with Crippen LogP contribution in [-0.2, 0) is 0 Å². The Hall–Kier alpha value is -1.39. The topological polar surface area (TPSA) is 64.6 Å². The van der Waals surface area contributed by atoms with E-state index in [1.807, 2.05) is 0 Å². The molecule has 0 amide bonds. The molecule has 0 N–H and O–H groups in total. The molecule has 1 heterocycles. The van der Waals surface area contributed by atoms with Crippen molar-refractivity contribution in [2.45, 2.75) is 0 Å². The van der Waals surface area contributed by atoms with Gasteiger partial charge in [-0.05, 0) is 0 Å². The van der Waals surface area contributed by atoms with Crippen LogP contribution in [0.5, 0.6) is 0 Å². The van der Waals surface area contributed by atoms with Gasteiger partial charge in [0, 0.05) is 0 Å². The molecule has 8 heavy (non-hydrogen) atoms. The van der Waals surface area contributed by atoms with Gasteiger partial charge in [0.15, 0.2) is 0 Å². The van der Waals surface area contributed by atoms with Gasteiger partial charge in [-0.3, -0.25) is 0 Å². The van der Waals surface area contributed by atoms with Gasteiger partial charge in [-0.25, -0.2) is 4.79 Å². The van der Waals surface area contributed by atoms with Crippen molar-refractivity contribution in [3.63, 3.8) is 0 Å². The van der Waals surface area contributed by atoms with Gasteiger partial charge >= 0.3 is 5.76 Å². The molecule has 0 saturated heterocycles. The molecule has 0 atom stereocenters. The molecule has 1 rings (SSSR count). The van der Waals surface area contributed by atoms with Gasteiger partial charge < -0.3 is 4.42 Å². The van der Waals surface area contributed by atoms with Crippen molar-refractivity contribution >= 4 is 0 Å². The second-order valence-corrected chi connectivity index (χ2v) is 1.10. The molecule has 1 aromatic rings. The number of hydrogen-bond acceptors (Lipinski definition) is 4. The summed E-state index contributed by atoms with van der Waals surface area (Å²) >= 11 is 0. The van der Waals surface area contributed by atoms with Crippen molar-refractivity contribution in [1.29, 1.82) is 0 Å². The Morgan fingerprint density at radius 2 is 2.50 bits per heavy atom. The normalized spacial score (nSPS) is 9.00. The number of oxazole rings is 1. The number of nitrogens with zero attached hydrogens (tertiary/aromatic N) is 2. The van der Waals surface area contributed by atoms with Gasteiger partial charge in [0.2, 0.25) is 0 Å². The van der Waals surface area contributed by atoms with Gasteiger partial charge in [-0.2, -0.15) is 0 Å². The van der Waals surface area contributed by atoms with Crippen LogP contribution in [0, 0.1) is 4.91 Å². The van der Waals surface area contributed by atoms with E-state index in [9.17, 15) is 9.70 Å². The Morgan fingerprint density at radius 1 is 1.75 bits per heavy atom. The first-order valence-corrected chi connectivity index (χ1v) is 1.84. The Morgan fingerprint density at radius 3 is 2.75 bits per heavy atom. The van der Waals surface area contributed by atoms with Crippen LogP contribution in [0.3, 0.4) is 0 Å². The maximum absolute atomic E-state index is 10.2. The largest absolute Gasteiger partial charge is 0.442 e. The van der Waals surface area contributed by atoms with Crippen molar-refractivity contribution in [3.8, 4) is 0 Å². The summed E-state index contributed by atoms with van der Waals surface area (Å²) in [7, 11) is 0. The standard InChI is InChI=1S/C3H2N2O3/c6-3-5(4-7)1-2-8-3/h1-2H. The number of rotatable bonds is 1. The maximum atomic E-state index is 10.2. The molecule has 5 nitrogen and oxygen atoms in total. The molecule has 0 aliphatic heterocycles. The zero-order chi connectivity index (χ0) is 5.98. The summed E-state index contributed by atoms with van der Waals surface area (Å²) in [4.78, 5) is 19.7. The van der Waals surface area contributed by atoms with Gasteiger partial charge in [-0.1, -0.05) is 0 Å². The molecule has 0 bridgehead atoms. The van der Waals surface area contributed by atoms with Crippen molar-refractivity contribution in [2.75, 3.05) is 0 Å². The fourth-order valence-electron chi connectivity index (χ4n) is 0.322. The SMILES string of the molecule is O=Nn1ccoc1=O. The van der Waals surface area contributed by atoms with E-state index in [4.69, 9.17) is 0 Å². The van der Waals surface area contributed by atoms with Crippen LogP contribution in [0.15, 0.2) is 27.0 Å². The number of aromatic nitrogens is 1. The summed E-state index contributed by atoms with van der Waals surface area (Å²) in [6.07, 6.45) is 2.22. The molecule has 0 radical (unpaired) electrons. The molecular formula is C3H2N2O3. The lowest BCUT2D eigenvalue weighted by atomic mass is 11.0. The van der Waals surface area contributed by atoms with Crippen LogP contribution in [-0.4, -0.2) is 4.68 Å². The summed E-state index contributed by atoms with van der Waals surface area (Å²) in [5.41, 5.74) is 0. The minimum Gasteiger partial charge on any atom is -0.415 e. The lowest BCUT2D eigenvalue weighted by Gasteiger charge is -1.71. The maximum Gasteiger partial charge on any atom is 0.442 e. The van der Waals surface area contributed by atoms with Crippen LogP contribution in [0.1, 0.15) is 0 Å². The highest BCUT2D eigenvalue weighted by atomic mass is 16.4. The van der Waals surface area contributed by atoms with Crippen molar-refractivity contribution in [1.82, 2.24) is 4.68 Å². The summed E-state index contributed by atoms with van der Waals surface area (Å²) in [5.74, 6) is -0.764. The molecule has 42 valence electrons. The predicted molar refractivity (Wildman–Crippen MR) is 24.2 cm³/mol. The van der Waals surface area contributed by atoms with E-state index in [2.05, 4.69) is 9.70 Å². The van der Waals surface area contributed by atoms with E-state index in [1.54, 1.807) is 0 Å². The number of nitroso groups, excluding NO2 is 1. The molecule has 5 heteroatoms. The van der Waals surface area contributed by atoms with Gasteiger partial charge in [0.1, 0.15) is 6.26 Å². The predicted octanol–water partition coefficient (Wildman–Crippen LogP) is -0.0292. The first-order valence-electron chi connectivity index (χ1n) is 1.84. The average molecular weight is 114 g/mol. The smallest absolute Gasteiger partial charge is 0.415 e. The van der Waals surface area contributed by atoms with Crippen LogP contribution in [0.4, 0.5) is 0 Å². The Balaban J connectivity index is 3.30. The highest BCUT2D eigenvalue weighted by Crippen LogP contribution is 1.76. The molecule has 1 aromatic heterocycles. The fourth-order valence-corrected chi connectivity index (χ4v) is 0.322. The third kappa shape index (κ3) is 0.534. The van der Waals surface area contributed by atoms with E-state index in [1.165, 1.54) is 0 Å². The summed E-state index contributed by atoms with van der Waals surface area (Å²) in [6.45, 7) is 0. The van der Waals surface area contributed by atoms with Crippen molar-refractivity contribution in [3.05, 3.63) is 27.9 Å². The molecule has 0 aliphatic carbocycles. The Bertz CT molecular complexity index is 235. The second-order valence-electron chi connectivity index (χ2n) is 1.10. The van der Waals surface area contributed by atoms with Gasteiger partial charge in [0.05, 0.1) is 11.5 Å². The van der Waals surface area contributed by atoms with Crippen molar-refractivity contribution < 1.29 is 4.42 Å².